The molecule has 0 radical (unpaired) electrons. The van der Waals surface area contributed by atoms with Crippen LogP contribution < -0.4 is 5.32 Å². The first-order valence-corrected chi connectivity index (χ1v) is 8.64. The second-order valence-electron chi connectivity index (χ2n) is 6.35. The van der Waals surface area contributed by atoms with Crippen LogP contribution in [0.5, 0.6) is 0 Å². The molecule has 1 saturated heterocycles. The Morgan fingerprint density at radius 1 is 1.38 bits per heavy atom. The molecule has 0 spiro atoms. The molecule has 1 aliphatic rings. The molecule has 0 bridgehead atoms. The highest BCUT2D eigenvalue weighted by molar-refractivity contribution is 5.96. The zero-order valence-corrected chi connectivity index (χ0v) is 14.3. The standard InChI is InChI=1S/C20H19N5O/c1-2-11-25-12-5-7-18(25)20(26)22-14-8-9-15-17(13-14)24-19(23-15)16-6-3-4-10-21-16/h1,3-4,6,8-10,13,18H,5,7,11-12H2,(H,22,26)(H,23,24)/t18-/m0/s1. The van der Waals surface area contributed by atoms with Crippen molar-refractivity contribution in [3.8, 4) is 23.9 Å². The molecule has 0 saturated carbocycles. The first-order chi connectivity index (χ1) is 12.7. The molecular weight excluding hydrogens is 326 g/mol. The fourth-order valence-electron chi connectivity index (χ4n) is 3.37. The average molecular weight is 345 g/mol. The Balaban J connectivity index is 1.54. The number of likely N-dealkylation sites (tertiary alicyclic amines) is 1. The summed E-state index contributed by atoms with van der Waals surface area (Å²) in [5.74, 6) is 3.32. The molecule has 6 nitrogen and oxygen atoms in total. The first kappa shape index (κ1) is 16.3. The Kier molecular flexibility index (Phi) is 4.38. The van der Waals surface area contributed by atoms with Gasteiger partial charge in [-0.05, 0) is 49.7 Å². The van der Waals surface area contributed by atoms with Gasteiger partial charge in [-0.15, -0.1) is 6.42 Å². The van der Waals surface area contributed by atoms with Gasteiger partial charge in [-0.3, -0.25) is 14.7 Å². The SMILES string of the molecule is C#CCN1CCC[C@H]1C(=O)Nc1ccc2nc(-c3ccccn3)[nH]c2c1. The summed E-state index contributed by atoms with van der Waals surface area (Å²) in [4.78, 5) is 26.8. The van der Waals surface area contributed by atoms with Gasteiger partial charge in [-0.25, -0.2) is 4.98 Å². The van der Waals surface area contributed by atoms with Crippen LogP contribution in [-0.2, 0) is 4.79 Å². The summed E-state index contributed by atoms with van der Waals surface area (Å²) in [5.41, 5.74) is 3.21. The van der Waals surface area contributed by atoms with Crippen molar-refractivity contribution in [1.82, 2.24) is 19.9 Å². The maximum atomic E-state index is 12.6. The average Bonchev–Trinajstić information content (AvgIpc) is 3.29. The van der Waals surface area contributed by atoms with Gasteiger partial charge >= 0.3 is 0 Å². The number of carbonyl (C=O) groups excluding carboxylic acids is 1. The Morgan fingerprint density at radius 2 is 2.31 bits per heavy atom. The number of hydrogen-bond donors (Lipinski definition) is 2. The van der Waals surface area contributed by atoms with Crippen LogP contribution in [0.25, 0.3) is 22.6 Å². The van der Waals surface area contributed by atoms with Crippen molar-refractivity contribution in [3.05, 3.63) is 42.6 Å². The second kappa shape index (κ2) is 6.98. The molecule has 2 N–H and O–H groups in total. The molecule has 1 amide bonds. The van der Waals surface area contributed by atoms with E-state index in [0.717, 1.165) is 41.8 Å². The third-order valence-electron chi connectivity index (χ3n) is 4.62. The predicted molar refractivity (Wildman–Crippen MR) is 101 cm³/mol. The highest BCUT2D eigenvalue weighted by Crippen LogP contribution is 2.23. The molecule has 26 heavy (non-hydrogen) atoms. The Labute approximate surface area is 151 Å². The lowest BCUT2D eigenvalue weighted by Crippen LogP contribution is -2.39. The van der Waals surface area contributed by atoms with Crippen LogP contribution in [0.3, 0.4) is 0 Å². The van der Waals surface area contributed by atoms with E-state index >= 15 is 0 Å². The van der Waals surface area contributed by atoms with Gasteiger partial charge in [0.25, 0.3) is 0 Å². The van der Waals surface area contributed by atoms with Crippen LogP contribution in [0.2, 0.25) is 0 Å². The van der Waals surface area contributed by atoms with Gasteiger partial charge in [0.15, 0.2) is 5.82 Å². The van der Waals surface area contributed by atoms with Crippen LogP contribution in [0.1, 0.15) is 12.8 Å². The van der Waals surface area contributed by atoms with E-state index in [2.05, 4.69) is 26.2 Å². The number of imidazole rings is 1. The zero-order chi connectivity index (χ0) is 17.9. The monoisotopic (exact) mass is 345 g/mol. The highest BCUT2D eigenvalue weighted by atomic mass is 16.2. The molecule has 0 unspecified atom stereocenters. The number of aromatic amines is 1. The fourth-order valence-corrected chi connectivity index (χ4v) is 3.37. The van der Waals surface area contributed by atoms with Gasteiger partial charge in [-0.1, -0.05) is 12.0 Å². The van der Waals surface area contributed by atoms with E-state index in [1.165, 1.54) is 0 Å². The molecule has 3 aromatic rings. The molecule has 6 heteroatoms. The van der Waals surface area contributed by atoms with Crippen molar-refractivity contribution in [3.63, 3.8) is 0 Å². The van der Waals surface area contributed by atoms with E-state index in [1.54, 1.807) is 6.20 Å². The number of nitrogens with zero attached hydrogens (tertiary/aromatic N) is 3. The summed E-state index contributed by atoms with van der Waals surface area (Å²) in [6.45, 7) is 1.38. The normalized spacial score (nSPS) is 17.3. The number of nitrogens with one attached hydrogen (secondary N) is 2. The molecule has 1 atom stereocenters. The zero-order valence-electron chi connectivity index (χ0n) is 14.3. The van der Waals surface area contributed by atoms with Gasteiger partial charge < -0.3 is 10.3 Å². The van der Waals surface area contributed by atoms with E-state index in [9.17, 15) is 4.79 Å². The number of anilines is 1. The first-order valence-electron chi connectivity index (χ1n) is 8.64. The minimum Gasteiger partial charge on any atom is -0.337 e. The fraction of sp³-hybridized carbons (Fsp3) is 0.250. The van der Waals surface area contributed by atoms with Gasteiger partial charge in [0.05, 0.1) is 23.6 Å². The van der Waals surface area contributed by atoms with Gasteiger partial charge in [-0.2, -0.15) is 0 Å². The number of benzene rings is 1. The van der Waals surface area contributed by atoms with Crippen molar-refractivity contribution < 1.29 is 4.79 Å². The van der Waals surface area contributed by atoms with Crippen LogP contribution in [0.15, 0.2) is 42.6 Å². The molecule has 1 fully saturated rings. The topological polar surface area (TPSA) is 73.9 Å². The van der Waals surface area contributed by atoms with Crippen LogP contribution in [-0.4, -0.2) is 44.9 Å². The summed E-state index contributed by atoms with van der Waals surface area (Å²) < 4.78 is 0. The van der Waals surface area contributed by atoms with Gasteiger partial charge in [0.1, 0.15) is 5.69 Å². The van der Waals surface area contributed by atoms with E-state index in [1.807, 2.05) is 41.3 Å². The number of aromatic nitrogens is 3. The summed E-state index contributed by atoms with van der Waals surface area (Å²) >= 11 is 0. The van der Waals surface area contributed by atoms with E-state index < -0.39 is 0 Å². The maximum Gasteiger partial charge on any atom is 0.241 e. The second-order valence-corrected chi connectivity index (χ2v) is 6.35. The van der Waals surface area contributed by atoms with Crippen molar-refractivity contribution in [1.29, 1.82) is 0 Å². The number of terminal acetylenes is 1. The third kappa shape index (κ3) is 3.17. The molecule has 1 aliphatic heterocycles. The smallest absolute Gasteiger partial charge is 0.241 e. The molecule has 4 rings (SSSR count). The van der Waals surface area contributed by atoms with Crippen LogP contribution in [0.4, 0.5) is 5.69 Å². The van der Waals surface area contributed by atoms with E-state index in [4.69, 9.17) is 6.42 Å². The molecule has 0 aliphatic carbocycles. The Morgan fingerprint density at radius 3 is 3.12 bits per heavy atom. The Bertz CT molecular complexity index is 973. The maximum absolute atomic E-state index is 12.6. The number of amides is 1. The minimum absolute atomic E-state index is 0.0124. The van der Waals surface area contributed by atoms with Crippen molar-refractivity contribution >= 4 is 22.6 Å². The van der Waals surface area contributed by atoms with Gasteiger partial charge in [0, 0.05) is 11.9 Å². The lowest BCUT2D eigenvalue weighted by atomic mass is 10.2. The molecule has 3 heterocycles. The third-order valence-corrected chi connectivity index (χ3v) is 4.62. The largest absolute Gasteiger partial charge is 0.337 e. The predicted octanol–water partition coefficient (Wildman–Crippen LogP) is 2.66. The highest BCUT2D eigenvalue weighted by Gasteiger charge is 2.30. The molecular formula is C20H19N5O. The molecule has 130 valence electrons. The minimum atomic E-state index is -0.160. The summed E-state index contributed by atoms with van der Waals surface area (Å²) in [6.07, 6.45) is 8.96. The number of H-pyrrole nitrogens is 1. The van der Waals surface area contributed by atoms with Crippen molar-refractivity contribution in [2.75, 3.05) is 18.4 Å². The lowest BCUT2D eigenvalue weighted by Gasteiger charge is -2.21. The van der Waals surface area contributed by atoms with Crippen LogP contribution >= 0.6 is 0 Å². The summed E-state index contributed by atoms with van der Waals surface area (Å²) in [7, 11) is 0. The molecule has 2 aromatic heterocycles. The summed E-state index contributed by atoms with van der Waals surface area (Å²) in [5, 5.41) is 3.00. The molecule has 1 aromatic carbocycles. The van der Waals surface area contributed by atoms with Crippen molar-refractivity contribution in [2.45, 2.75) is 18.9 Å². The van der Waals surface area contributed by atoms with Crippen LogP contribution in [0, 0.1) is 12.3 Å². The lowest BCUT2D eigenvalue weighted by molar-refractivity contribution is -0.120. The van der Waals surface area contributed by atoms with E-state index in [-0.39, 0.29) is 11.9 Å². The number of fused-ring (bicyclic) bond motifs is 1. The quantitative estimate of drug-likeness (QED) is 0.713. The number of rotatable bonds is 4. The number of carbonyl (C=O) groups is 1. The number of pyridine rings is 1. The van der Waals surface area contributed by atoms with E-state index in [0.29, 0.717) is 12.4 Å². The Hall–Kier alpha value is -3.17. The summed E-state index contributed by atoms with van der Waals surface area (Å²) in [6, 6.07) is 11.2. The van der Waals surface area contributed by atoms with Crippen molar-refractivity contribution in [2.24, 2.45) is 0 Å². The van der Waals surface area contributed by atoms with Gasteiger partial charge in [0.2, 0.25) is 5.91 Å². The number of hydrogen-bond acceptors (Lipinski definition) is 4.